The zero-order chi connectivity index (χ0) is 24.8. The number of esters is 1. The Hall–Kier alpha value is -1.88. The number of carboxylic acid groups (broad SMARTS) is 1. The van der Waals surface area contributed by atoms with Crippen LogP contribution in [0.25, 0.3) is 0 Å². The van der Waals surface area contributed by atoms with Gasteiger partial charge in [0.1, 0.15) is 6.10 Å². The largest absolute Gasteiger partial charge is 0.478 e. The number of rotatable bonds is 4. The third-order valence-electron chi connectivity index (χ3n) is 10.2. The minimum absolute atomic E-state index is 0.0132. The summed E-state index contributed by atoms with van der Waals surface area (Å²) < 4.78 is 5.83. The van der Waals surface area contributed by atoms with E-state index in [-0.39, 0.29) is 16.9 Å². The number of aliphatic carboxylic acids is 1. The average Bonchev–Trinajstić information content (AvgIpc) is 2.97. The van der Waals surface area contributed by atoms with E-state index < -0.39 is 24.1 Å². The van der Waals surface area contributed by atoms with Crippen LogP contribution in [0, 0.1) is 34.5 Å². The van der Waals surface area contributed by atoms with Gasteiger partial charge in [-0.3, -0.25) is 4.79 Å². The monoisotopic (exact) mass is 469 g/mol. The van der Waals surface area contributed by atoms with E-state index in [4.69, 9.17) is 10.5 Å². The molecule has 4 fully saturated rings. The summed E-state index contributed by atoms with van der Waals surface area (Å²) in [6.45, 7) is 10.1. The summed E-state index contributed by atoms with van der Waals surface area (Å²) in [5, 5.41) is 10.2. The highest BCUT2D eigenvalue weighted by atomic mass is 16.5. The third kappa shape index (κ3) is 3.98. The van der Waals surface area contributed by atoms with E-state index in [0.717, 1.165) is 36.3 Å². The summed E-state index contributed by atoms with van der Waals surface area (Å²) in [5.74, 6) is 0.448. The second kappa shape index (κ2) is 9.29. The van der Waals surface area contributed by atoms with Crippen molar-refractivity contribution in [1.29, 1.82) is 0 Å². The number of allylic oxidation sites excluding steroid dienone is 3. The van der Waals surface area contributed by atoms with E-state index in [1.165, 1.54) is 39.0 Å². The van der Waals surface area contributed by atoms with Crippen LogP contribution in [0.5, 0.6) is 0 Å². The molecular weight excluding hydrogens is 426 g/mol. The van der Waals surface area contributed by atoms with Gasteiger partial charge in [-0.15, -0.1) is 0 Å². The van der Waals surface area contributed by atoms with Crippen LogP contribution in [0.4, 0.5) is 0 Å². The second-order valence-electron chi connectivity index (χ2n) is 12.1. The number of fused-ring (bicyclic) bond motifs is 5. The van der Waals surface area contributed by atoms with Gasteiger partial charge in [-0.2, -0.15) is 0 Å². The molecule has 5 nitrogen and oxygen atoms in total. The van der Waals surface area contributed by atoms with E-state index in [1.807, 2.05) is 19.9 Å². The smallest absolute Gasteiger partial charge is 0.335 e. The Kier molecular flexibility index (Phi) is 6.89. The number of hydrogen-bond donors (Lipinski definition) is 2. The highest BCUT2D eigenvalue weighted by Gasteiger charge is 2.65. The Morgan fingerprint density at radius 3 is 2.38 bits per heavy atom. The van der Waals surface area contributed by atoms with Crippen molar-refractivity contribution in [3.05, 3.63) is 34.9 Å². The molecule has 0 radical (unpaired) electrons. The highest BCUT2D eigenvalue weighted by Crippen LogP contribution is 2.68. The van der Waals surface area contributed by atoms with Gasteiger partial charge in [0.05, 0.1) is 11.6 Å². The molecule has 0 aromatic heterocycles. The number of nitrogens with two attached hydrogens (primary N) is 1. The van der Waals surface area contributed by atoms with Gasteiger partial charge in [0, 0.05) is 6.92 Å². The summed E-state index contributed by atoms with van der Waals surface area (Å²) >= 11 is 0. The molecule has 188 valence electrons. The van der Waals surface area contributed by atoms with Crippen molar-refractivity contribution in [3.8, 4) is 0 Å². The quantitative estimate of drug-likeness (QED) is 0.308. The van der Waals surface area contributed by atoms with Gasteiger partial charge in [0.25, 0.3) is 0 Å². The van der Waals surface area contributed by atoms with Crippen molar-refractivity contribution < 1.29 is 19.4 Å². The first-order valence-corrected chi connectivity index (χ1v) is 13.2. The summed E-state index contributed by atoms with van der Waals surface area (Å²) in [6.07, 6.45) is 14.3. The fraction of sp³-hybridized carbons (Fsp3) is 0.724. The van der Waals surface area contributed by atoms with Gasteiger partial charge in [-0.1, -0.05) is 44.4 Å². The zero-order valence-electron chi connectivity index (χ0n) is 21.6. The predicted octanol–water partition coefficient (Wildman–Crippen LogP) is 5.80. The van der Waals surface area contributed by atoms with Crippen LogP contribution in [-0.4, -0.2) is 29.2 Å². The van der Waals surface area contributed by atoms with Gasteiger partial charge >= 0.3 is 11.9 Å². The molecule has 5 heteroatoms. The number of hydrogen-bond acceptors (Lipinski definition) is 4. The number of carbonyl (C=O) groups is 2. The van der Waals surface area contributed by atoms with Gasteiger partial charge in [-0.25, -0.2) is 4.79 Å². The number of ether oxygens (including phenoxy) is 1. The normalized spacial score (nSPS) is 42.9. The first kappa shape index (κ1) is 25.2. The van der Waals surface area contributed by atoms with Gasteiger partial charge in [0.2, 0.25) is 0 Å². The Balaban J connectivity index is 1.82. The molecule has 0 heterocycles. The zero-order valence-corrected chi connectivity index (χ0v) is 21.6. The van der Waals surface area contributed by atoms with Crippen LogP contribution < -0.4 is 5.73 Å². The van der Waals surface area contributed by atoms with Crippen molar-refractivity contribution >= 4 is 11.9 Å². The standard InChI is InChI=1S/C29H43NO4/c1-17(2)9-8-11-20(27(32)33)24-23-15-14-21-22(13-12-19-10-6-7-16-28(19,21)4)29(23,5)26(30)25(24)34-18(3)31/h8-9,11,19,21-23,25-26H,6-7,10,12-16,30H2,1-5H3,(H,32,33)/b11-8+,24-20-/t19?,21-,22?,23+,25-,26-,28+,29-/m1/s1. The molecule has 0 spiro atoms. The van der Waals surface area contributed by atoms with Crippen LogP contribution in [-0.2, 0) is 14.3 Å². The lowest BCUT2D eigenvalue weighted by molar-refractivity contribution is -0.148. The van der Waals surface area contributed by atoms with Crippen LogP contribution in [0.3, 0.4) is 0 Å². The molecule has 3 N–H and O–H groups in total. The summed E-state index contributed by atoms with van der Waals surface area (Å²) in [4.78, 5) is 24.6. The van der Waals surface area contributed by atoms with Crippen molar-refractivity contribution in [2.75, 3.05) is 0 Å². The van der Waals surface area contributed by atoms with Gasteiger partial charge in [-0.05, 0) is 98.5 Å². The molecule has 0 saturated heterocycles. The molecule has 8 atom stereocenters. The lowest BCUT2D eigenvalue weighted by Gasteiger charge is -2.61. The van der Waals surface area contributed by atoms with E-state index in [2.05, 4.69) is 13.8 Å². The molecule has 34 heavy (non-hydrogen) atoms. The topological polar surface area (TPSA) is 89.6 Å². The fourth-order valence-corrected chi connectivity index (χ4v) is 8.60. The Morgan fingerprint density at radius 1 is 1.03 bits per heavy atom. The van der Waals surface area contributed by atoms with E-state index in [1.54, 1.807) is 12.2 Å². The molecule has 4 saturated carbocycles. The van der Waals surface area contributed by atoms with Crippen molar-refractivity contribution in [2.45, 2.75) is 98.1 Å². The predicted molar refractivity (Wildman–Crippen MR) is 134 cm³/mol. The minimum atomic E-state index is -0.980. The molecule has 4 aliphatic rings. The lowest BCUT2D eigenvalue weighted by Crippen LogP contribution is -2.58. The fourth-order valence-electron chi connectivity index (χ4n) is 8.60. The minimum Gasteiger partial charge on any atom is -0.478 e. The van der Waals surface area contributed by atoms with Gasteiger partial charge < -0.3 is 15.6 Å². The maximum atomic E-state index is 12.5. The first-order chi connectivity index (χ1) is 16.0. The van der Waals surface area contributed by atoms with Crippen molar-refractivity contribution in [2.24, 2.45) is 40.2 Å². The van der Waals surface area contributed by atoms with Crippen LogP contribution in [0.2, 0.25) is 0 Å². The Morgan fingerprint density at radius 2 is 1.74 bits per heavy atom. The molecule has 2 unspecified atom stereocenters. The van der Waals surface area contributed by atoms with Gasteiger partial charge in [0.15, 0.2) is 0 Å². The Labute approximate surface area is 204 Å². The molecule has 0 aliphatic heterocycles. The van der Waals surface area contributed by atoms with Crippen LogP contribution in [0.1, 0.15) is 86.0 Å². The molecular formula is C29H43NO4. The molecule has 4 aliphatic carbocycles. The second-order valence-corrected chi connectivity index (χ2v) is 12.1. The SMILES string of the molecule is CC(=O)O[C@@H]1/C(=C(/C=C/C=C(C)C)C(=O)O)[C@@H]2CC[C@@H]3C(CCC4CCCC[C@@]43C)[C@@]2(C)[C@@H]1N. The maximum Gasteiger partial charge on any atom is 0.335 e. The third-order valence-corrected chi connectivity index (χ3v) is 10.2. The lowest BCUT2D eigenvalue weighted by atomic mass is 9.43. The molecule has 0 aromatic rings. The van der Waals surface area contributed by atoms with Crippen molar-refractivity contribution in [3.63, 3.8) is 0 Å². The molecule has 0 bridgehead atoms. The summed E-state index contributed by atoms with van der Waals surface area (Å²) in [5.41, 5.74) is 9.12. The van der Waals surface area contributed by atoms with Crippen molar-refractivity contribution in [1.82, 2.24) is 0 Å². The first-order valence-electron chi connectivity index (χ1n) is 13.2. The van der Waals surface area contributed by atoms with E-state index >= 15 is 0 Å². The molecule has 0 amide bonds. The number of carboxylic acids is 1. The highest BCUT2D eigenvalue weighted by molar-refractivity contribution is 5.91. The molecule has 0 aromatic carbocycles. The maximum absolute atomic E-state index is 12.5. The number of carbonyl (C=O) groups excluding carboxylic acids is 1. The van der Waals surface area contributed by atoms with Crippen LogP contribution >= 0.6 is 0 Å². The van der Waals surface area contributed by atoms with Crippen LogP contribution in [0.15, 0.2) is 34.9 Å². The summed E-state index contributed by atoms with van der Waals surface area (Å²) in [6, 6.07) is -0.404. The Bertz CT molecular complexity index is 928. The average molecular weight is 470 g/mol. The summed E-state index contributed by atoms with van der Waals surface area (Å²) in [7, 11) is 0. The molecule has 4 rings (SSSR count). The van der Waals surface area contributed by atoms with E-state index in [9.17, 15) is 14.7 Å². The van der Waals surface area contributed by atoms with E-state index in [0.29, 0.717) is 17.3 Å².